The fraction of sp³-hybridized carbons (Fsp3) is 0.391. The van der Waals surface area contributed by atoms with Crippen LogP contribution in [0, 0.1) is 10.1 Å². The molecule has 0 fully saturated rings. The first-order valence-corrected chi connectivity index (χ1v) is 11.4. The van der Waals surface area contributed by atoms with Crippen molar-refractivity contribution in [1.29, 1.82) is 0 Å². The zero-order chi connectivity index (χ0) is 22.8. The van der Waals surface area contributed by atoms with Crippen molar-refractivity contribution in [3.8, 4) is 0 Å². The Hall–Kier alpha value is -2.87. The van der Waals surface area contributed by atoms with Crippen LogP contribution in [0.25, 0.3) is 0 Å². The van der Waals surface area contributed by atoms with Crippen molar-refractivity contribution in [2.24, 2.45) is 0 Å². The second kappa shape index (κ2) is 12.1. The minimum atomic E-state index is -0.596. The Morgan fingerprint density at radius 3 is 2.29 bits per heavy atom. The minimum Gasteiger partial charge on any atom is -0.352 e. The van der Waals surface area contributed by atoms with Crippen LogP contribution < -0.4 is 5.32 Å². The molecule has 0 aromatic heterocycles. The second-order valence-electron chi connectivity index (χ2n) is 7.42. The Morgan fingerprint density at radius 1 is 1.06 bits per heavy atom. The third kappa shape index (κ3) is 7.71. The standard InChI is InChI=1S/C23H29N3O4S/c1-4-17(2)24-23(28)18(3)25(14-19-8-6-5-7-9-19)22(27)16-31-15-20-10-12-21(13-11-20)26(29)30/h5-13,17-18H,4,14-16H2,1-3H3,(H,24,28)/t17-,18-/m1/s1. The van der Waals surface area contributed by atoms with Gasteiger partial charge in [0.2, 0.25) is 11.8 Å². The predicted molar refractivity (Wildman–Crippen MR) is 124 cm³/mol. The molecule has 0 saturated heterocycles. The van der Waals surface area contributed by atoms with Crippen LogP contribution in [0.15, 0.2) is 54.6 Å². The van der Waals surface area contributed by atoms with E-state index in [0.29, 0.717) is 12.3 Å². The van der Waals surface area contributed by atoms with Gasteiger partial charge >= 0.3 is 0 Å². The molecule has 0 unspecified atom stereocenters. The number of hydrogen-bond donors (Lipinski definition) is 1. The van der Waals surface area contributed by atoms with Gasteiger partial charge in [0.1, 0.15) is 6.04 Å². The quantitative estimate of drug-likeness (QED) is 0.416. The van der Waals surface area contributed by atoms with Crippen molar-refractivity contribution in [2.45, 2.75) is 51.6 Å². The lowest BCUT2D eigenvalue weighted by Crippen LogP contribution is -2.50. The zero-order valence-electron chi connectivity index (χ0n) is 18.1. The van der Waals surface area contributed by atoms with E-state index in [0.717, 1.165) is 17.5 Å². The second-order valence-corrected chi connectivity index (χ2v) is 8.40. The van der Waals surface area contributed by atoms with Gasteiger partial charge in [-0.3, -0.25) is 19.7 Å². The largest absolute Gasteiger partial charge is 0.352 e. The SMILES string of the molecule is CC[C@@H](C)NC(=O)[C@@H](C)N(Cc1ccccc1)C(=O)CSCc1ccc([N+](=O)[O-])cc1. The number of nitro benzene ring substituents is 1. The van der Waals surface area contributed by atoms with Gasteiger partial charge in [0.15, 0.2) is 0 Å². The number of nitro groups is 1. The van der Waals surface area contributed by atoms with Crippen LogP contribution in [0.1, 0.15) is 38.3 Å². The fourth-order valence-electron chi connectivity index (χ4n) is 2.88. The van der Waals surface area contributed by atoms with Crippen molar-refractivity contribution in [1.82, 2.24) is 10.2 Å². The molecule has 2 amide bonds. The summed E-state index contributed by atoms with van der Waals surface area (Å²) in [7, 11) is 0. The highest BCUT2D eigenvalue weighted by molar-refractivity contribution is 7.99. The lowest BCUT2D eigenvalue weighted by atomic mass is 10.1. The molecule has 1 N–H and O–H groups in total. The minimum absolute atomic E-state index is 0.0417. The van der Waals surface area contributed by atoms with Crippen molar-refractivity contribution in [2.75, 3.05) is 5.75 Å². The monoisotopic (exact) mass is 443 g/mol. The Morgan fingerprint density at radius 2 is 1.71 bits per heavy atom. The average Bonchev–Trinajstić information content (AvgIpc) is 2.77. The molecule has 0 heterocycles. The van der Waals surface area contributed by atoms with Crippen LogP contribution in [-0.2, 0) is 21.9 Å². The maximum absolute atomic E-state index is 13.0. The van der Waals surface area contributed by atoms with Crippen molar-refractivity contribution in [3.63, 3.8) is 0 Å². The van der Waals surface area contributed by atoms with Crippen LogP contribution in [0.2, 0.25) is 0 Å². The molecule has 0 saturated carbocycles. The van der Waals surface area contributed by atoms with Gasteiger partial charge in [0, 0.05) is 30.5 Å². The smallest absolute Gasteiger partial charge is 0.269 e. The summed E-state index contributed by atoms with van der Waals surface area (Å²) < 4.78 is 0. The molecule has 0 spiro atoms. The number of nitrogens with zero attached hydrogens (tertiary/aromatic N) is 2. The van der Waals surface area contributed by atoms with Crippen LogP contribution in [0.3, 0.4) is 0 Å². The molecular weight excluding hydrogens is 414 g/mol. The summed E-state index contributed by atoms with van der Waals surface area (Å²) in [4.78, 5) is 37.6. The predicted octanol–water partition coefficient (Wildman–Crippen LogP) is 4.16. The van der Waals surface area contributed by atoms with Gasteiger partial charge < -0.3 is 10.2 Å². The number of non-ortho nitro benzene ring substituents is 1. The fourth-order valence-corrected chi connectivity index (χ4v) is 3.75. The third-order valence-electron chi connectivity index (χ3n) is 5.01. The summed E-state index contributed by atoms with van der Waals surface area (Å²) in [5.74, 6) is 0.475. The van der Waals surface area contributed by atoms with Gasteiger partial charge in [0.05, 0.1) is 10.7 Å². The summed E-state index contributed by atoms with van der Waals surface area (Å²) in [5.41, 5.74) is 1.90. The van der Waals surface area contributed by atoms with Gasteiger partial charge in [-0.25, -0.2) is 0 Å². The van der Waals surface area contributed by atoms with Gasteiger partial charge in [-0.15, -0.1) is 11.8 Å². The van der Waals surface area contributed by atoms with Crippen molar-refractivity contribution < 1.29 is 14.5 Å². The molecule has 8 heteroatoms. The number of hydrogen-bond acceptors (Lipinski definition) is 5. The Kier molecular flexibility index (Phi) is 9.52. The molecule has 0 aliphatic carbocycles. The van der Waals surface area contributed by atoms with Crippen molar-refractivity contribution >= 4 is 29.3 Å². The number of carbonyl (C=O) groups excluding carboxylic acids is 2. The first-order chi connectivity index (χ1) is 14.8. The van der Waals surface area contributed by atoms with E-state index in [2.05, 4.69) is 5.32 Å². The van der Waals surface area contributed by atoms with E-state index < -0.39 is 11.0 Å². The van der Waals surface area contributed by atoms with Crippen LogP contribution in [0.4, 0.5) is 5.69 Å². The number of benzene rings is 2. The Bertz CT molecular complexity index is 874. The van der Waals surface area contributed by atoms with Crippen molar-refractivity contribution in [3.05, 3.63) is 75.8 Å². The van der Waals surface area contributed by atoms with E-state index in [1.807, 2.05) is 44.2 Å². The van der Waals surface area contributed by atoms with Crippen LogP contribution in [0.5, 0.6) is 0 Å². The number of thioether (sulfide) groups is 1. The molecule has 0 radical (unpaired) electrons. The zero-order valence-corrected chi connectivity index (χ0v) is 18.9. The maximum atomic E-state index is 13.0. The first-order valence-electron chi connectivity index (χ1n) is 10.3. The number of carbonyl (C=O) groups is 2. The molecule has 2 rings (SSSR count). The molecule has 2 aromatic carbocycles. The topological polar surface area (TPSA) is 92.6 Å². The van der Waals surface area contributed by atoms with E-state index >= 15 is 0 Å². The summed E-state index contributed by atoms with van der Waals surface area (Å²) >= 11 is 1.42. The van der Waals surface area contributed by atoms with Crippen LogP contribution >= 0.6 is 11.8 Å². The Labute approximate surface area is 187 Å². The highest BCUT2D eigenvalue weighted by Gasteiger charge is 2.26. The molecule has 2 aromatic rings. The van der Waals surface area contributed by atoms with Gasteiger partial charge in [-0.1, -0.05) is 49.4 Å². The summed E-state index contributed by atoms with van der Waals surface area (Å²) in [6.07, 6.45) is 0.816. The van der Waals surface area contributed by atoms with E-state index in [1.54, 1.807) is 24.0 Å². The summed E-state index contributed by atoms with van der Waals surface area (Å²) in [6.45, 7) is 6.04. The molecule has 7 nitrogen and oxygen atoms in total. The molecule has 2 atom stereocenters. The van der Waals surface area contributed by atoms with E-state index in [9.17, 15) is 19.7 Å². The first kappa shape index (κ1) is 24.4. The third-order valence-corrected chi connectivity index (χ3v) is 5.99. The molecule has 166 valence electrons. The van der Waals surface area contributed by atoms with E-state index in [4.69, 9.17) is 0 Å². The summed E-state index contributed by atoms with van der Waals surface area (Å²) in [6, 6.07) is 15.3. The molecule has 0 bridgehead atoms. The van der Waals surface area contributed by atoms with Gasteiger partial charge in [0.25, 0.3) is 5.69 Å². The number of amides is 2. The molecule has 0 aliphatic heterocycles. The lowest BCUT2D eigenvalue weighted by Gasteiger charge is -2.29. The van der Waals surface area contributed by atoms with E-state index in [-0.39, 0.29) is 29.3 Å². The normalized spacial score (nSPS) is 12.6. The maximum Gasteiger partial charge on any atom is 0.269 e. The highest BCUT2D eigenvalue weighted by Crippen LogP contribution is 2.18. The Balaban J connectivity index is 2.02. The molecule has 0 aliphatic rings. The lowest BCUT2D eigenvalue weighted by molar-refractivity contribution is -0.384. The number of nitrogens with one attached hydrogen (secondary N) is 1. The van der Waals surface area contributed by atoms with Gasteiger partial charge in [-0.2, -0.15) is 0 Å². The van der Waals surface area contributed by atoms with Crippen LogP contribution in [-0.4, -0.2) is 39.5 Å². The molecule has 31 heavy (non-hydrogen) atoms. The van der Waals surface area contributed by atoms with Gasteiger partial charge in [-0.05, 0) is 31.4 Å². The highest BCUT2D eigenvalue weighted by atomic mass is 32.2. The molecular formula is C23H29N3O4S. The number of rotatable bonds is 11. The average molecular weight is 444 g/mol. The van der Waals surface area contributed by atoms with E-state index in [1.165, 1.54) is 23.9 Å². The summed E-state index contributed by atoms with van der Waals surface area (Å²) in [5, 5.41) is 13.7.